The van der Waals surface area contributed by atoms with Gasteiger partial charge in [0.05, 0.1) is 0 Å². The molecule has 0 spiro atoms. The van der Waals surface area contributed by atoms with Crippen LogP contribution in [0.2, 0.25) is 10.0 Å². The number of nitrogens with one attached hydrogen (secondary N) is 1. The van der Waals surface area contributed by atoms with Crippen LogP contribution in [0.5, 0.6) is 0 Å². The van der Waals surface area contributed by atoms with Gasteiger partial charge in [0.2, 0.25) is 0 Å². The Hall–Kier alpha value is -3.28. The zero-order valence-corrected chi connectivity index (χ0v) is 18.9. The number of hydrogen-bond donors (Lipinski definition) is 1. The lowest BCUT2D eigenvalue weighted by atomic mass is 10.0. The van der Waals surface area contributed by atoms with Crippen molar-refractivity contribution in [1.29, 1.82) is 0 Å². The molecule has 1 unspecified atom stereocenters. The smallest absolute Gasteiger partial charge is 0.412 e. The Morgan fingerprint density at radius 2 is 1.62 bits per heavy atom. The Bertz CT molecular complexity index is 1240. The van der Waals surface area contributed by atoms with Gasteiger partial charge in [-0.25, -0.2) is 4.79 Å². The number of carbonyl (C=O) groups is 1. The van der Waals surface area contributed by atoms with E-state index < -0.39 is 12.2 Å². The van der Waals surface area contributed by atoms with Crippen molar-refractivity contribution in [1.82, 2.24) is 5.16 Å². The van der Waals surface area contributed by atoms with Crippen molar-refractivity contribution in [2.75, 3.05) is 5.32 Å². The van der Waals surface area contributed by atoms with Crippen molar-refractivity contribution < 1.29 is 14.1 Å². The molecule has 4 aromatic rings. The summed E-state index contributed by atoms with van der Waals surface area (Å²) < 4.78 is 11.0. The van der Waals surface area contributed by atoms with Crippen LogP contribution in [0.3, 0.4) is 0 Å². The second-order valence-electron chi connectivity index (χ2n) is 7.25. The molecule has 0 saturated carbocycles. The standard InChI is InChI=1S/C25H20Cl2N2O3/c1-15-23(28-25(30)31-16(2)21-13-12-20(26)14-22(21)27)24(32-29-15)19-10-8-18(9-11-19)17-6-4-3-5-7-17/h3-14,16H,1-2H3,(H,28,30). The fourth-order valence-electron chi connectivity index (χ4n) is 3.35. The van der Waals surface area contributed by atoms with E-state index in [0.717, 1.165) is 16.7 Å². The van der Waals surface area contributed by atoms with E-state index in [1.807, 2.05) is 54.6 Å². The van der Waals surface area contributed by atoms with Crippen LogP contribution in [0.1, 0.15) is 24.3 Å². The summed E-state index contributed by atoms with van der Waals surface area (Å²) in [4.78, 5) is 12.6. The molecule has 162 valence electrons. The molecule has 0 saturated heterocycles. The summed E-state index contributed by atoms with van der Waals surface area (Å²) in [7, 11) is 0. The third-order valence-corrected chi connectivity index (χ3v) is 5.59. The molecule has 7 heteroatoms. The van der Waals surface area contributed by atoms with E-state index in [0.29, 0.717) is 32.8 Å². The maximum absolute atomic E-state index is 12.6. The molecule has 0 aliphatic carbocycles. The highest BCUT2D eigenvalue weighted by Gasteiger charge is 2.21. The Labute approximate surface area is 195 Å². The van der Waals surface area contributed by atoms with Gasteiger partial charge in [0.25, 0.3) is 0 Å². The van der Waals surface area contributed by atoms with E-state index in [9.17, 15) is 4.79 Å². The number of ether oxygens (including phenoxy) is 1. The van der Waals surface area contributed by atoms with Gasteiger partial charge in [0.1, 0.15) is 17.5 Å². The molecule has 32 heavy (non-hydrogen) atoms. The van der Waals surface area contributed by atoms with Crippen LogP contribution in [0.25, 0.3) is 22.5 Å². The van der Waals surface area contributed by atoms with Crippen molar-refractivity contribution >= 4 is 35.0 Å². The number of benzene rings is 3. The number of aromatic nitrogens is 1. The van der Waals surface area contributed by atoms with E-state index in [1.54, 1.807) is 32.0 Å². The van der Waals surface area contributed by atoms with Gasteiger partial charge in [-0.2, -0.15) is 0 Å². The summed E-state index contributed by atoms with van der Waals surface area (Å²) in [5.41, 5.74) is 4.63. The van der Waals surface area contributed by atoms with Gasteiger partial charge in [-0.05, 0) is 37.1 Å². The highest BCUT2D eigenvalue weighted by atomic mass is 35.5. The number of rotatable bonds is 5. The molecule has 5 nitrogen and oxygen atoms in total. The van der Waals surface area contributed by atoms with Gasteiger partial charge in [0.15, 0.2) is 5.76 Å². The number of halogens is 2. The minimum atomic E-state index is -0.642. The molecular weight excluding hydrogens is 447 g/mol. The summed E-state index contributed by atoms with van der Waals surface area (Å²) in [6.45, 7) is 3.48. The maximum Gasteiger partial charge on any atom is 0.412 e. The first kappa shape index (κ1) is 21.9. The van der Waals surface area contributed by atoms with Crippen LogP contribution in [0.4, 0.5) is 10.5 Å². The summed E-state index contributed by atoms with van der Waals surface area (Å²) in [5.74, 6) is 0.455. The van der Waals surface area contributed by atoms with Crippen LogP contribution in [0, 0.1) is 6.92 Å². The number of amides is 1. The maximum atomic E-state index is 12.6. The number of nitrogens with zero attached hydrogens (tertiary/aromatic N) is 1. The highest BCUT2D eigenvalue weighted by Crippen LogP contribution is 2.33. The van der Waals surface area contributed by atoms with Gasteiger partial charge >= 0.3 is 6.09 Å². The van der Waals surface area contributed by atoms with Gasteiger partial charge in [-0.3, -0.25) is 5.32 Å². The molecule has 0 bridgehead atoms. The van der Waals surface area contributed by atoms with Crippen LogP contribution >= 0.6 is 23.2 Å². The number of carbonyl (C=O) groups excluding carboxylic acids is 1. The Balaban J connectivity index is 1.51. The van der Waals surface area contributed by atoms with Gasteiger partial charge in [-0.1, -0.05) is 89.0 Å². The molecule has 1 aromatic heterocycles. The average molecular weight is 467 g/mol. The SMILES string of the molecule is Cc1noc(-c2ccc(-c3ccccc3)cc2)c1NC(=O)OC(C)c1ccc(Cl)cc1Cl. The first-order valence-corrected chi connectivity index (χ1v) is 10.7. The molecule has 1 amide bonds. The first-order chi connectivity index (χ1) is 15.4. The normalized spacial score (nSPS) is 11.8. The molecule has 0 fully saturated rings. The quantitative estimate of drug-likeness (QED) is 0.324. The third kappa shape index (κ3) is 4.79. The summed E-state index contributed by atoms with van der Waals surface area (Å²) >= 11 is 12.2. The Morgan fingerprint density at radius 1 is 0.969 bits per heavy atom. The van der Waals surface area contributed by atoms with Gasteiger partial charge in [0, 0.05) is 21.2 Å². The zero-order valence-electron chi connectivity index (χ0n) is 17.4. The van der Waals surface area contributed by atoms with Crippen molar-refractivity contribution in [2.24, 2.45) is 0 Å². The van der Waals surface area contributed by atoms with Crippen molar-refractivity contribution in [3.63, 3.8) is 0 Å². The van der Waals surface area contributed by atoms with Crippen molar-refractivity contribution in [3.05, 3.63) is 94.1 Å². The topological polar surface area (TPSA) is 64.4 Å². The molecule has 1 heterocycles. The molecule has 1 atom stereocenters. The van der Waals surface area contributed by atoms with Crippen LogP contribution in [0.15, 0.2) is 77.3 Å². The van der Waals surface area contributed by atoms with E-state index in [-0.39, 0.29) is 0 Å². The summed E-state index contributed by atoms with van der Waals surface area (Å²) in [5, 5.41) is 7.70. The Morgan fingerprint density at radius 3 is 2.31 bits per heavy atom. The molecule has 4 rings (SSSR count). The van der Waals surface area contributed by atoms with Crippen molar-refractivity contribution in [2.45, 2.75) is 20.0 Å². The number of hydrogen-bond acceptors (Lipinski definition) is 4. The lowest BCUT2D eigenvalue weighted by Crippen LogP contribution is -2.17. The van der Waals surface area contributed by atoms with Crippen molar-refractivity contribution in [3.8, 4) is 22.5 Å². The Kier molecular flexibility index (Phi) is 6.49. The predicted octanol–water partition coefficient (Wildman–Crippen LogP) is 7.93. The second kappa shape index (κ2) is 9.47. The minimum absolute atomic E-state index is 0.429. The lowest BCUT2D eigenvalue weighted by Gasteiger charge is -2.15. The van der Waals surface area contributed by atoms with E-state index in [1.165, 1.54) is 0 Å². The zero-order chi connectivity index (χ0) is 22.7. The monoisotopic (exact) mass is 466 g/mol. The predicted molar refractivity (Wildman–Crippen MR) is 127 cm³/mol. The molecule has 0 aliphatic heterocycles. The summed E-state index contributed by atoms with van der Waals surface area (Å²) in [6.07, 6.45) is -1.22. The largest absolute Gasteiger partial charge is 0.441 e. The van der Waals surface area contributed by atoms with E-state index >= 15 is 0 Å². The highest BCUT2D eigenvalue weighted by molar-refractivity contribution is 6.35. The number of aryl methyl sites for hydroxylation is 1. The molecule has 0 aliphatic rings. The van der Waals surface area contributed by atoms with Crippen LogP contribution in [-0.4, -0.2) is 11.2 Å². The minimum Gasteiger partial charge on any atom is -0.441 e. The molecule has 3 aromatic carbocycles. The van der Waals surface area contributed by atoms with Gasteiger partial charge in [-0.15, -0.1) is 0 Å². The van der Waals surface area contributed by atoms with E-state index in [4.69, 9.17) is 32.5 Å². The third-order valence-electron chi connectivity index (χ3n) is 5.03. The summed E-state index contributed by atoms with van der Waals surface area (Å²) in [6, 6.07) is 22.9. The van der Waals surface area contributed by atoms with Gasteiger partial charge < -0.3 is 9.26 Å². The fourth-order valence-corrected chi connectivity index (χ4v) is 3.91. The second-order valence-corrected chi connectivity index (χ2v) is 8.10. The van der Waals surface area contributed by atoms with E-state index in [2.05, 4.69) is 10.5 Å². The number of anilines is 1. The van der Waals surface area contributed by atoms with Crippen LogP contribution in [-0.2, 0) is 4.74 Å². The van der Waals surface area contributed by atoms with Crippen LogP contribution < -0.4 is 5.32 Å². The molecular formula is C25H20Cl2N2O3. The fraction of sp³-hybridized carbons (Fsp3) is 0.120. The molecule has 0 radical (unpaired) electrons. The average Bonchev–Trinajstić information content (AvgIpc) is 3.14. The lowest BCUT2D eigenvalue weighted by molar-refractivity contribution is 0.121. The molecule has 1 N–H and O–H groups in total. The first-order valence-electron chi connectivity index (χ1n) is 9.97.